The highest BCUT2D eigenvalue weighted by atomic mass is 16.5. The van der Waals surface area contributed by atoms with Gasteiger partial charge in [-0.1, -0.05) is 12.1 Å². The Kier molecular flexibility index (Phi) is 3.42. The number of benzene rings is 1. The van der Waals surface area contributed by atoms with Gasteiger partial charge in [-0.25, -0.2) is 0 Å². The average Bonchev–Trinajstić information content (AvgIpc) is 2.58. The predicted octanol–water partition coefficient (Wildman–Crippen LogP) is 0.897. The van der Waals surface area contributed by atoms with Crippen LogP contribution in [0.1, 0.15) is 5.56 Å². The Morgan fingerprint density at radius 2 is 1.75 bits per heavy atom. The molecule has 84 valence electrons. The lowest BCUT2D eigenvalue weighted by molar-refractivity contribution is -0.123. The van der Waals surface area contributed by atoms with E-state index in [4.69, 9.17) is 4.74 Å². The third-order valence-corrected chi connectivity index (χ3v) is 2.16. The average molecular weight is 220 g/mol. The lowest BCUT2D eigenvalue weighted by atomic mass is 10.1. The van der Waals surface area contributed by atoms with Crippen LogP contribution in [0.15, 0.2) is 30.3 Å². The second-order valence-electron chi connectivity index (χ2n) is 3.10. The van der Waals surface area contributed by atoms with E-state index in [1.807, 2.05) is 0 Å². The van der Waals surface area contributed by atoms with Gasteiger partial charge in [-0.15, -0.1) is 0 Å². The number of imide groups is 1. The van der Waals surface area contributed by atoms with Crippen LogP contribution in [0.25, 0.3) is 5.57 Å². The molecule has 0 saturated carbocycles. The number of rotatable bonds is 2. The van der Waals surface area contributed by atoms with Crippen molar-refractivity contribution in [1.29, 1.82) is 0 Å². The summed E-state index contributed by atoms with van der Waals surface area (Å²) >= 11 is 0. The molecule has 0 aliphatic carbocycles. The van der Waals surface area contributed by atoms with Gasteiger partial charge < -0.3 is 10.9 Å². The first-order valence-corrected chi connectivity index (χ1v) is 4.42. The van der Waals surface area contributed by atoms with Gasteiger partial charge in [0, 0.05) is 6.08 Å². The topological polar surface area (TPSA) is 90.4 Å². The fraction of sp³-hybridized carbons (Fsp3) is 0.0909. The zero-order valence-corrected chi connectivity index (χ0v) is 8.82. The van der Waals surface area contributed by atoms with Crippen LogP contribution in [0, 0.1) is 0 Å². The molecule has 1 aliphatic rings. The molecule has 5 heteroatoms. The molecule has 0 fully saturated rings. The van der Waals surface area contributed by atoms with E-state index in [1.54, 1.807) is 31.4 Å². The molecule has 1 aromatic rings. The van der Waals surface area contributed by atoms with Gasteiger partial charge in [0.2, 0.25) is 0 Å². The number of amides is 2. The first-order chi connectivity index (χ1) is 7.20. The molecule has 0 bridgehead atoms. The summed E-state index contributed by atoms with van der Waals surface area (Å²) in [6, 6.07) is 6.96. The first-order valence-electron chi connectivity index (χ1n) is 4.42. The predicted molar refractivity (Wildman–Crippen MR) is 59.1 cm³/mol. The molecule has 0 spiro atoms. The smallest absolute Gasteiger partial charge is 0.258 e. The molecule has 2 rings (SSSR count). The molecule has 0 unspecified atom stereocenters. The summed E-state index contributed by atoms with van der Waals surface area (Å²) in [5.41, 5.74) is 1.10. The molecule has 1 aliphatic heterocycles. The van der Waals surface area contributed by atoms with E-state index < -0.39 is 0 Å². The molecule has 2 amide bonds. The van der Waals surface area contributed by atoms with Gasteiger partial charge in [-0.3, -0.25) is 14.9 Å². The van der Waals surface area contributed by atoms with Crippen LogP contribution in [0.2, 0.25) is 0 Å². The van der Waals surface area contributed by atoms with Gasteiger partial charge in [0.25, 0.3) is 11.8 Å². The van der Waals surface area contributed by atoms with Crippen LogP contribution in [0.3, 0.4) is 0 Å². The summed E-state index contributed by atoms with van der Waals surface area (Å²) < 4.78 is 4.99. The molecule has 0 aromatic heterocycles. The summed E-state index contributed by atoms with van der Waals surface area (Å²) in [6.45, 7) is 0. The number of ether oxygens (including phenoxy) is 1. The number of nitrogens with one attached hydrogen (secondary N) is 1. The van der Waals surface area contributed by atoms with Crippen molar-refractivity contribution in [3.05, 3.63) is 35.9 Å². The van der Waals surface area contributed by atoms with Crippen LogP contribution in [0.5, 0.6) is 5.75 Å². The molecule has 0 radical (unpaired) electrons. The van der Waals surface area contributed by atoms with Crippen molar-refractivity contribution in [3.8, 4) is 5.75 Å². The van der Waals surface area contributed by atoms with Crippen LogP contribution in [-0.4, -0.2) is 18.9 Å². The van der Waals surface area contributed by atoms with Gasteiger partial charge in [-0.2, -0.15) is 0 Å². The monoisotopic (exact) mass is 220 g/mol. The van der Waals surface area contributed by atoms with E-state index in [0.717, 1.165) is 0 Å². The number of methoxy groups -OCH3 is 1. The van der Waals surface area contributed by atoms with E-state index in [1.165, 1.54) is 6.08 Å². The lowest BCUT2D eigenvalue weighted by Gasteiger charge is -2.02. The third kappa shape index (κ3) is 2.09. The number of hydrogen-bond acceptors (Lipinski definition) is 4. The Morgan fingerprint density at radius 1 is 1.12 bits per heavy atom. The zero-order valence-electron chi connectivity index (χ0n) is 8.82. The summed E-state index contributed by atoms with van der Waals surface area (Å²) in [6.07, 6.45) is 1.30. The molecule has 5 nitrogen and oxygen atoms in total. The van der Waals surface area contributed by atoms with Gasteiger partial charge in [0.05, 0.1) is 12.7 Å². The van der Waals surface area contributed by atoms with Gasteiger partial charge in [0.15, 0.2) is 0 Å². The Balaban J connectivity index is 0.00000128. The molecule has 1 aromatic carbocycles. The minimum Gasteiger partial charge on any atom is -0.497 e. The third-order valence-electron chi connectivity index (χ3n) is 2.16. The molecule has 1 heterocycles. The van der Waals surface area contributed by atoms with E-state index in [-0.39, 0.29) is 18.0 Å². The van der Waals surface area contributed by atoms with Crippen molar-refractivity contribution in [2.24, 2.45) is 0 Å². The van der Waals surface area contributed by atoms with Crippen molar-refractivity contribution in [2.75, 3.05) is 7.11 Å². The van der Waals surface area contributed by atoms with Crippen molar-refractivity contribution in [1.82, 2.24) is 11.5 Å². The van der Waals surface area contributed by atoms with E-state index in [9.17, 15) is 9.59 Å². The van der Waals surface area contributed by atoms with Crippen molar-refractivity contribution in [3.63, 3.8) is 0 Å². The zero-order chi connectivity index (χ0) is 10.8. The number of hydrogen-bond donors (Lipinski definition) is 2. The van der Waals surface area contributed by atoms with Crippen LogP contribution < -0.4 is 16.2 Å². The van der Waals surface area contributed by atoms with Gasteiger partial charge >= 0.3 is 0 Å². The Bertz CT molecular complexity index is 449. The van der Waals surface area contributed by atoms with Gasteiger partial charge in [0.1, 0.15) is 5.75 Å². The SMILES string of the molecule is COc1ccc(C2=CC(=O)NC2=O)cc1.N. The minimum absolute atomic E-state index is 0. The Labute approximate surface area is 92.7 Å². The quantitative estimate of drug-likeness (QED) is 0.724. The van der Waals surface area contributed by atoms with Crippen LogP contribution >= 0.6 is 0 Å². The van der Waals surface area contributed by atoms with E-state index >= 15 is 0 Å². The van der Waals surface area contributed by atoms with Crippen molar-refractivity contribution >= 4 is 17.4 Å². The first kappa shape index (κ1) is 11.9. The highest BCUT2D eigenvalue weighted by Gasteiger charge is 2.21. The second kappa shape index (κ2) is 4.59. The maximum atomic E-state index is 11.3. The van der Waals surface area contributed by atoms with Crippen LogP contribution in [-0.2, 0) is 9.59 Å². The number of carbonyl (C=O) groups excluding carboxylic acids is 2. The summed E-state index contributed by atoms with van der Waals surface area (Å²) in [4.78, 5) is 22.2. The van der Waals surface area contributed by atoms with E-state index in [2.05, 4.69) is 5.32 Å². The maximum absolute atomic E-state index is 11.3. The fourth-order valence-corrected chi connectivity index (χ4v) is 1.40. The molecular weight excluding hydrogens is 208 g/mol. The summed E-state index contributed by atoms with van der Waals surface area (Å²) in [7, 11) is 1.57. The standard InChI is InChI=1S/C11H9NO3.H3N/c1-15-8-4-2-7(3-5-8)9-6-10(13)12-11(9)14;/h2-6H,1H3,(H,12,13,14);1H3. The summed E-state index contributed by atoms with van der Waals surface area (Å²) in [5.74, 6) is -0.0138. The normalized spacial score (nSPS) is 13.9. The molecule has 16 heavy (non-hydrogen) atoms. The van der Waals surface area contributed by atoms with E-state index in [0.29, 0.717) is 16.9 Å². The fourth-order valence-electron chi connectivity index (χ4n) is 1.40. The molecule has 4 N–H and O–H groups in total. The number of carbonyl (C=O) groups is 2. The second-order valence-corrected chi connectivity index (χ2v) is 3.10. The van der Waals surface area contributed by atoms with Crippen molar-refractivity contribution < 1.29 is 14.3 Å². The molecular formula is C11H12N2O3. The highest BCUT2D eigenvalue weighted by Crippen LogP contribution is 2.20. The molecule has 0 saturated heterocycles. The van der Waals surface area contributed by atoms with Crippen LogP contribution in [0.4, 0.5) is 0 Å². The lowest BCUT2D eigenvalue weighted by Crippen LogP contribution is -2.21. The van der Waals surface area contributed by atoms with Crippen molar-refractivity contribution in [2.45, 2.75) is 0 Å². The Hall–Kier alpha value is -2.14. The maximum Gasteiger partial charge on any atom is 0.258 e. The summed E-state index contributed by atoms with van der Waals surface area (Å²) in [5, 5.41) is 2.19. The largest absolute Gasteiger partial charge is 0.497 e. The minimum atomic E-state index is -0.370. The van der Waals surface area contributed by atoms with Gasteiger partial charge in [-0.05, 0) is 17.7 Å². The highest BCUT2D eigenvalue weighted by molar-refractivity contribution is 6.33. The Morgan fingerprint density at radius 3 is 2.19 bits per heavy atom. The molecule has 0 atom stereocenters.